The molecule has 0 aromatic carbocycles. The molecule has 2 aliphatic rings. The van der Waals surface area contributed by atoms with Crippen molar-refractivity contribution in [1.29, 1.82) is 0 Å². The fourth-order valence-corrected chi connectivity index (χ4v) is 6.85. The number of carbonyl (C=O) groups excluding carboxylic acids is 2. The van der Waals surface area contributed by atoms with E-state index in [1.54, 1.807) is 0 Å². The molecule has 8 nitrogen and oxygen atoms in total. The van der Waals surface area contributed by atoms with Crippen molar-refractivity contribution in [2.24, 2.45) is 0 Å². The highest BCUT2D eigenvalue weighted by Gasteiger charge is 2.26. The van der Waals surface area contributed by atoms with Gasteiger partial charge in [-0.1, -0.05) is 33.6 Å². The number of hydrogen-bond donors (Lipinski definition) is 2. The molecule has 5 rings (SSSR count). The second-order valence-corrected chi connectivity index (χ2v) is 12.2. The minimum Gasteiger partial charge on any atom is -0.469 e. The molecule has 3 aromatic heterocycles. The summed E-state index contributed by atoms with van der Waals surface area (Å²) in [6, 6.07) is 6.35. The minimum absolute atomic E-state index is 0.141. The SMILES string of the molecule is CCCC1=C(C)c2cc3nc(c(CCC(=O)OC)c4[nH]c(cc5[nH]c(cc1n2)c(C)c5CC)c(C)c4C(=O)OC)C(CCC)=C3C. The number of aryl methyl sites for hydroxylation is 4. The molecule has 0 amide bonds. The maximum atomic E-state index is 13.5. The van der Waals surface area contributed by atoms with Crippen molar-refractivity contribution >= 4 is 56.3 Å². The van der Waals surface area contributed by atoms with E-state index in [0.717, 1.165) is 99.3 Å². The summed E-state index contributed by atoms with van der Waals surface area (Å²) in [7, 11) is 2.79. The summed E-state index contributed by atoms with van der Waals surface area (Å²) >= 11 is 0. The molecular weight excluding hydrogens is 576 g/mol. The van der Waals surface area contributed by atoms with Crippen molar-refractivity contribution in [3.05, 3.63) is 68.8 Å². The van der Waals surface area contributed by atoms with Crippen LogP contribution in [0.4, 0.5) is 0 Å². The summed E-state index contributed by atoms with van der Waals surface area (Å²) in [6.45, 7) is 14.8. The number of carbonyl (C=O) groups is 2. The molecule has 2 aliphatic heterocycles. The Balaban J connectivity index is 2.05. The van der Waals surface area contributed by atoms with Gasteiger partial charge in [0.1, 0.15) is 0 Å². The fraction of sp³-hybridized carbons (Fsp3) is 0.421. The van der Waals surface area contributed by atoms with Crippen LogP contribution in [0.2, 0.25) is 0 Å². The van der Waals surface area contributed by atoms with Gasteiger partial charge >= 0.3 is 11.9 Å². The van der Waals surface area contributed by atoms with E-state index in [2.05, 4.69) is 69.7 Å². The van der Waals surface area contributed by atoms with Gasteiger partial charge in [-0.2, -0.15) is 0 Å². The molecule has 8 bridgehead atoms. The number of methoxy groups -OCH3 is 2. The number of fused-ring (bicyclic) bond motifs is 8. The van der Waals surface area contributed by atoms with Crippen LogP contribution in [0, 0.1) is 13.8 Å². The van der Waals surface area contributed by atoms with E-state index < -0.39 is 5.97 Å². The molecule has 0 aliphatic carbocycles. The summed E-state index contributed by atoms with van der Waals surface area (Å²) in [5, 5.41) is 0. The second-order valence-electron chi connectivity index (χ2n) is 12.2. The van der Waals surface area contributed by atoms with Crippen molar-refractivity contribution in [3.8, 4) is 0 Å². The molecule has 5 heterocycles. The first-order valence-electron chi connectivity index (χ1n) is 16.4. The Labute approximate surface area is 271 Å². The largest absolute Gasteiger partial charge is 0.469 e. The Morgan fingerprint density at radius 1 is 0.696 bits per heavy atom. The van der Waals surface area contributed by atoms with Crippen LogP contribution < -0.4 is 0 Å². The highest BCUT2D eigenvalue weighted by Crippen LogP contribution is 2.39. The topological polar surface area (TPSA) is 110 Å². The van der Waals surface area contributed by atoms with Gasteiger partial charge in [-0.15, -0.1) is 0 Å². The normalized spacial score (nSPS) is 13.1. The maximum Gasteiger partial charge on any atom is 0.340 e. The van der Waals surface area contributed by atoms with E-state index >= 15 is 0 Å². The molecule has 0 saturated heterocycles. The minimum atomic E-state index is -0.441. The average molecular weight is 623 g/mol. The van der Waals surface area contributed by atoms with Crippen molar-refractivity contribution < 1.29 is 19.1 Å². The first kappa shape index (κ1) is 32.9. The lowest BCUT2D eigenvalue weighted by Crippen LogP contribution is -2.07. The predicted octanol–water partition coefficient (Wildman–Crippen LogP) is 8.85. The van der Waals surface area contributed by atoms with Gasteiger partial charge in [-0.25, -0.2) is 14.8 Å². The Hall–Kier alpha value is -4.46. The highest BCUT2D eigenvalue weighted by atomic mass is 16.5. The Kier molecular flexibility index (Phi) is 9.66. The van der Waals surface area contributed by atoms with Gasteiger partial charge in [-0.05, 0) is 111 Å². The lowest BCUT2D eigenvalue weighted by atomic mass is 9.95. The standard InChI is InChI=1S/C38H46N4O4/c1-10-13-25-21(5)28-17-30-22(6)26(14-11-2)36(41-30)27(15-16-34(43)45-8)37-35(38(44)46-9)23(7)31(42-37)19-32-24(12-3)20(4)29(39-32)18-33(25)40-28/h17-19,39,42H,10-16H2,1-9H3. The van der Waals surface area contributed by atoms with Gasteiger partial charge in [0.15, 0.2) is 0 Å². The monoisotopic (exact) mass is 622 g/mol. The molecule has 0 atom stereocenters. The van der Waals surface area contributed by atoms with Gasteiger partial charge < -0.3 is 19.4 Å². The van der Waals surface area contributed by atoms with Gasteiger partial charge in [0, 0.05) is 28.5 Å². The third-order valence-electron chi connectivity index (χ3n) is 9.46. The molecule has 3 aromatic rings. The van der Waals surface area contributed by atoms with Crippen LogP contribution in [-0.2, 0) is 27.1 Å². The van der Waals surface area contributed by atoms with Crippen LogP contribution in [0.15, 0.2) is 18.2 Å². The van der Waals surface area contributed by atoms with E-state index in [1.165, 1.54) is 30.9 Å². The molecule has 8 heteroatoms. The second kappa shape index (κ2) is 13.5. The highest BCUT2D eigenvalue weighted by molar-refractivity contribution is 6.04. The predicted molar refractivity (Wildman–Crippen MR) is 186 cm³/mol. The van der Waals surface area contributed by atoms with Gasteiger partial charge in [0.05, 0.1) is 48.1 Å². The third kappa shape index (κ3) is 5.81. The van der Waals surface area contributed by atoms with Crippen molar-refractivity contribution in [3.63, 3.8) is 0 Å². The molecular formula is C38H46N4O4. The number of esters is 2. The summed E-state index contributed by atoms with van der Waals surface area (Å²) in [6.07, 6.45) is 4.98. The number of nitrogens with one attached hydrogen (secondary N) is 2. The number of aromatic amines is 2. The zero-order valence-electron chi connectivity index (χ0n) is 28.7. The van der Waals surface area contributed by atoms with Crippen LogP contribution in [-0.4, -0.2) is 46.1 Å². The molecule has 2 N–H and O–H groups in total. The molecule has 0 fully saturated rings. The quantitative estimate of drug-likeness (QED) is 0.231. The van der Waals surface area contributed by atoms with Gasteiger partial charge in [0.2, 0.25) is 0 Å². The Bertz CT molecular complexity index is 1950. The maximum absolute atomic E-state index is 13.5. The number of aromatic nitrogens is 4. The molecule has 0 unspecified atom stereocenters. The van der Waals surface area contributed by atoms with E-state index in [-0.39, 0.29) is 12.4 Å². The molecule has 0 radical (unpaired) electrons. The third-order valence-corrected chi connectivity index (χ3v) is 9.46. The molecule has 242 valence electrons. The Morgan fingerprint density at radius 2 is 1.35 bits per heavy atom. The van der Waals surface area contributed by atoms with Crippen molar-refractivity contribution in [2.75, 3.05) is 14.2 Å². The van der Waals surface area contributed by atoms with Crippen LogP contribution in [0.3, 0.4) is 0 Å². The van der Waals surface area contributed by atoms with E-state index in [9.17, 15) is 9.59 Å². The number of allylic oxidation sites excluding steroid dienone is 4. The zero-order valence-corrected chi connectivity index (χ0v) is 28.7. The summed E-state index contributed by atoms with van der Waals surface area (Å²) < 4.78 is 10.4. The molecule has 0 saturated carbocycles. The lowest BCUT2D eigenvalue weighted by Gasteiger charge is -2.10. The summed E-state index contributed by atoms with van der Waals surface area (Å²) in [5.74, 6) is -0.768. The first-order chi connectivity index (χ1) is 22.1. The molecule has 0 spiro atoms. The Morgan fingerprint density at radius 3 is 2.00 bits per heavy atom. The smallest absolute Gasteiger partial charge is 0.340 e. The van der Waals surface area contributed by atoms with Crippen LogP contribution >= 0.6 is 0 Å². The van der Waals surface area contributed by atoms with Crippen LogP contribution in [0.25, 0.3) is 44.4 Å². The van der Waals surface area contributed by atoms with Gasteiger partial charge in [-0.3, -0.25) is 4.79 Å². The van der Waals surface area contributed by atoms with Crippen LogP contribution in [0.5, 0.6) is 0 Å². The van der Waals surface area contributed by atoms with Crippen molar-refractivity contribution in [2.45, 2.75) is 93.4 Å². The fourth-order valence-electron chi connectivity index (χ4n) is 6.85. The van der Waals surface area contributed by atoms with E-state index in [0.29, 0.717) is 17.5 Å². The van der Waals surface area contributed by atoms with Crippen LogP contribution in [0.1, 0.15) is 122 Å². The van der Waals surface area contributed by atoms with E-state index in [1.807, 2.05) is 6.92 Å². The number of rotatable bonds is 9. The number of nitrogens with zero attached hydrogens (tertiary/aromatic N) is 2. The zero-order chi connectivity index (χ0) is 33.3. The number of H-pyrrole nitrogens is 2. The first-order valence-corrected chi connectivity index (χ1v) is 16.4. The average Bonchev–Trinajstić information content (AvgIpc) is 3.72. The molecule has 46 heavy (non-hydrogen) atoms. The van der Waals surface area contributed by atoms with E-state index in [4.69, 9.17) is 19.4 Å². The van der Waals surface area contributed by atoms with Crippen molar-refractivity contribution in [1.82, 2.24) is 19.9 Å². The summed E-state index contributed by atoms with van der Waals surface area (Å²) in [5.41, 5.74) is 15.9. The lowest BCUT2D eigenvalue weighted by molar-refractivity contribution is -0.140. The van der Waals surface area contributed by atoms with Gasteiger partial charge in [0.25, 0.3) is 0 Å². The number of ether oxygens (including phenoxy) is 2. The number of hydrogen-bond acceptors (Lipinski definition) is 6. The summed E-state index contributed by atoms with van der Waals surface area (Å²) in [4.78, 5) is 43.7.